The molecule has 8 nitrogen and oxygen atoms in total. The second-order valence-corrected chi connectivity index (χ2v) is 11.0. The van der Waals surface area contributed by atoms with Gasteiger partial charge in [0.25, 0.3) is 0 Å². The molecule has 0 aromatic carbocycles. The molecule has 0 amide bonds. The SMILES string of the molecule is CC(F)Oc1ccnc(-c2nn(C(C)C)c3cc(C(=O)CC4(C)CS(=O)(=O)C4)cnc23)c1. The number of hydrogen-bond donors (Lipinski definition) is 0. The van der Waals surface area contributed by atoms with E-state index in [0.717, 1.165) is 0 Å². The number of aromatic nitrogens is 4. The van der Waals surface area contributed by atoms with Crippen LogP contribution in [0.3, 0.4) is 0 Å². The first-order valence-corrected chi connectivity index (χ1v) is 12.2. The molecule has 4 rings (SSSR count). The maximum absolute atomic E-state index is 13.3. The molecular weight excluding hydrogens is 435 g/mol. The third kappa shape index (κ3) is 4.36. The van der Waals surface area contributed by atoms with Gasteiger partial charge in [-0.15, -0.1) is 0 Å². The zero-order valence-electron chi connectivity index (χ0n) is 18.4. The number of Topliss-reactive ketones (excluding diaryl/α,β-unsaturated/α-hetero) is 1. The minimum Gasteiger partial charge on any atom is -0.461 e. The lowest BCUT2D eigenvalue weighted by molar-refractivity contribution is 0.0859. The zero-order valence-corrected chi connectivity index (χ0v) is 19.2. The summed E-state index contributed by atoms with van der Waals surface area (Å²) in [6.07, 6.45) is 1.68. The summed E-state index contributed by atoms with van der Waals surface area (Å²) in [5.41, 5.74) is 2.08. The summed E-state index contributed by atoms with van der Waals surface area (Å²) in [5, 5.41) is 4.65. The van der Waals surface area contributed by atoms with Crippen LogP contribution in [0.25, 0.3) is 22.4 Å². The fourth-order valence-corrected chi connectivity index (χ4v) is 6.39. The van der Waals surface area contributed by atoms with Gasteiger partial charge >= 0.3 is 0 Å². The second kappa shape index (κ2) is 7.91. The van der Waals surface area contributed by atoms with Crippen LogP contribution in [-0.4, -0.2) is 51.8 Å². The van der Waals surface area contributed by atoms with Crippen LogP contribution in [0, 0.1) is 5.41 Å². The maximum atomic E-state index is 13.3. The summed E-state index contributed by atoms with van der Waals surface area (Å²) >= 11 is 0. The molecule has 0 saturated carbocycles. The number of pyridine rings is 2. The molecule has 0 aliphatic carbocycles. The van der Waals surface area contributed by atoms with E-state index < -0.39 is 21.6 Å². The van der Waals surface area contributed by atoms with E-state index in [1.54, 1.807) is 22.9 Å². The molecular formula is C22H25FN4O4S. The summed E-state index contributed by atoms with van der Waals surface area (Å²) < 4.78 is 43.3. The molecule has 170 valence electrons. The van der Waals surface area contributed by atoms with E-state index in [9.17, 15) is 17.6 Å². The Morgan fingerprint density at radius 1 is 1.25 bits per heavy atom. The number of carbonyl (C=O) groups excluding carboxylic acids is 1. The Hall–Kier alpha value is -2.88. The Labute approximate surface area is 185 Å². The van der Waals surface area contributed by atoms with Crippen LogP contribution in [0.1, 0.15) is 50.5 Å². The highest BCUT2D eigenvalue weighted by molar-refractivity contribution is 7.92. The van der Waals surface area contributed by atoms with Crippen LogP contribution in [0.5, 0.6) is 5.75 Å². The number of rotatable bonds is 7. The third-order valence-corrected chi connectivity index (χ3v) is 7.63. The standard InChI is InChI=1S/C22H25FN4O4S/c1-13(2)27-18-7-15(19(28)9-22(4)11-32(29,30)12-22)10-25-21(18)20(26-27)17-8-16(5-6-24-17)31-14(3)23/h5-8,10,13-14H,9,11-12H2,1-4H3. The van der Waals surface area contributed by atoms with Gasteiger partial charge in [0.2, 0.25) is 6.36 Å². The van der Waals surface area contributed by atoms with Gasteiger partial charge in [0.1, 0.15) is 17.0 Å². The number of hydrogen-bond acceptors (Lipinski definition) is 7. The van der Waals surface area contributed by atoms with Crippen LogP contribution in [0.2, 0.25) is 0 Å². The Morgan fingerprint density at radius 2 is 1.97 bits per heavy atom. The lowest BCUT2D eigenvalue weighted by Gasteiger charge is -2.37. The number of sulfone groups is 1. The first-order valence-electron chi connectivity index (χ1n) is 10.4. The number of alkyl halides is 1. The van der Waals surface area contributed by atoms with Crippen molar-refractivity contribution in [3.05, 3.63) is 36.2 Å². The Balaban J connectivity index is 1.71. The van der Waals surface area contributed by atoms with Gasteiger partial charge in [-0.3, -0.25) is 19.4 Å². The quantitative estimate of drug-likeness (QED) is 0.494. The molecule has 1 unspecified atom stereocenters. The molecule has 0 radical (unpaired) electrons. The predicted molar refractivity (Wildman–Crippen MR) is 118 cm³/mol. The number of fused-ring (bicyclic) bond motifs is 1. The van der Waals surface area contributed by atoms with E-state index in [4.69, 9.17) is 4.74 Å². The molecule has 1 saturated heterocycles. The van der Waals surface area contributed by atoms with Crippen molar-refractivity contribution in [1.82, 2.24) is 19.7 Å². The highest BCUT2D eigenvalue weighted by Gasteiger charge is 2.45. The molecule has 1 fully saturated rings. The molecule has 3 aromatic rings. The normalized spacial score (nSPS) is 17.8. The molecule has 4 heterocycles. The average molecular weight is 461 g/mol. The monoisotopic (exact) mass is 460 g/mol. The topological polar surface area (TPSA) is 104 Å². The fraction of sp³-hybridized carbons (Fsp3) is 0.455. The fourth-order valence-electron chi connectivity index (χ4n) is 4.15. The summed E-state index contributed by atoms with van der Waals surface area (Å²) in [4.78, 5) is 21.7. The second-order valence-electron chi connectivity index (χ2n) is 8.96. The van der Waals surface area contributed by atoms with Crippen molar-refractivity contribution >= 4 is 26.7 Å². The molecule has 32 heavy (non-hydrogen) atoms. The lowest BCUT2D eigenvalue weighted by Crippen LogP contribution is -2.47. The minimum absolute atomic E-state index is 0.0157. The van der Waals surface area contributed by atoms with Crippen molar-refractivity contribution in [2.75, 3.05) is 11.5 Å². The van der Waals surface area contributed by atoms with Crippen molar-refractivity contribution in [3.63, 3.8) is 0 Å². The Bertz CT molecular complexity index is 1290. The van der Waals surface area contributed by atoms with Crippen molar-refractivity contribution in [1.29, 1.82) is 0 Å². The number of halogens is 1. The molecule has 0 N–H and O–H groups in total. The zero-order chi connectivity index (χ0) is 23.3. The van der Waals surface area contributed by atoms with Gasteiger partial charge in [-0.2, -0.15) is 5.10 Å². The van der Waals surface area contributed by atoms with Crippen molar-refractivity contribution in [3.8, 4) is 17.1 Å². The molecule has 0 bridgehead atoms. The summed E-state index contributed by atoms with van der Waals surface area (Å²) in [5.74, 6) is 0.224. The van der Waals surface area contributed by atoms with E-state index in [0.29, 0.717) is 33.7 Å². The molecule has 1 aliphatic rings. The van der Waals surface area contributed by atoms with Crippen LogP contribution < -0.4 is 4.74 Å². The summed E-state index contributed by atoms with van der Waals surface area (Å²) in [7, 11) is -3.03. The number of ketones is 1. The highest BCUT2D eigenvalue weighted by atomic mass is 32.2. The van der Waals surface area contributed by atoms with Gasteiger partial charge in [0, 0.05) is 48.8 Å². The molecule has 10 heteroatoms. The first-order chi connectivity index (χ1) is 15.0. The van der Waals surface area contributed by atoms with Crippen LogP contribution >= 0.6 is 0 Å². The van der Waals surface area contributed by atoms with Crippen molar-refractivity contribution < 1.29 is 22.3 Å². The van der Waals surface area contributed by atoms with E-state index in [1.807, 2.05) is 20.8 Å². The molecule has 3 aromatic heterocycles. The van der Waals surface area contributed by atoms with Crippen LogP contribution in [0.4, 0.5) is 4.39 Å². The molecule has 1 atom stereocenters. The number of ether oxygens (including phenoxy) is 1. The Morgan fingerprint density at radius 3 is 2.59 bits per heavy atom. The van der Waals surface area contributed by atoms with Crippen LogP contribution in [-0.2, 0) is 9.84 Å². The largest absolute Gasteiger partial charge is 0.461 e. The van der Waals surface area contributed by atoms with Gasteiger partial charge in [-0.05, 0) is 26.0 Å². The predicted octanol–water partition coefficient (Wildman–Crippen LogP) is 3.78. The van der Waals surface area contributed by atoms with Gasteiger partial charge < -0.3 is 4.74 Å². The smallest absolute Gasteiger partial charge is 0.235 e. The van der Waals surface area contributed by atoms with Crippen molar-refractivity contribution in [2.24, 2.45) is 5.41 Å². The number of nitrogens with zero attached hydrogens (tertiary/aromatic N) is 4. The number of carbonyl (C=O) groups is 1. The average Bonchev–Trinajstić information content (AvgIpc) is 3.05. The first kappa shape index (κ1) is 22.3. The minimum atomic E-state index is -3.03. The molecule has 1 aliphatic heterocycles. The Kier molecular flexibility index (Phi) is 5.52. The summed E-state index contributed by atoms with van der Waals surface area (Å²) in [6.45, 7) is 7.03. The van der Waals surface area contributed by atoms with E-state index in [-0.39, 0.29) is 29.8 Å². The van der Waals surface area contributed by atoms with Crippen molar-refractivity contribution in [2.45, 2.75) is 46.5 Å². The van der Waals surface area contributed by atoms with Gasteiger partial charge in [-0.25, -0.2) is 12.8 Å². The highest BCUT2D eigenvalue weighted by Crippen LogP contribution is 2.37. The molecule has 0 spiro atoms. The van der Waals surface area contributed by atoms with E-state index in [1.165, 1.54) is 19.3 Å². The third-order valence-electron chi connectivity index (χ3n) is 5.35. The lowest BCUT2D eigenvalue weighted by atomic mass is 9.86. The van der Waals surface area contributed by atoms with E-state index >= 15 is 0 Å². The van der Waals surface area contributed by atoms with Gasteiger partial charge in [0.05, 0.1) is 22.7 Å². The van der Waals surface area contributed by atoms with Gasteiger partial charge in [0.15, 0.2) is 15.6 Å². The summed E-state index contributed by atoms with van der Waals surface area (Å²) in [6, 6.07) is 4.88. The maximum Gasteiger partial charge on any atom is 0.235 e. The van der Waals surface area contributed by atoms with Gasteiger partial charge in [-0.1, -0.05) is 6.92 Å². The van der Waals surface area contributed by atoms with Crippen LogP contribution in [0.15, 0.2) is 30.6 Å². The van der Waals surface area contributed by atoms with E-state index in [2.05, 4.69) is 15.1 Å².